The van der Waals surface area contributed by atoms with E-state index >= 15 is 0 Å². The van der Waals surface area contributed by atoms with Crippen molar-refractivity contribution in [3.63, 3.8) is 0 Å². The van der Waals surface area contributed by atoms with E-state index < -0.39 is 54.9 Å². The van der Waals surface area contributed by atoms with Crippen LogP contribution in [-0.2, 0) is 25.9 Å². The Morgan fingerprint density at radius 2 is 1.12 bits per heavy atom. The van der Waals surface area contributed by atoms with E-state index in [9.17, 15) is 32.3 Å². The Labute approximate surface area is 195 Å². The van der Waals surface area contributed by atoms with Crippen LogP contribution in [0.25, 0.3) is 0 Å². The van der Waals surface area contributed by atoms with E-state index in [0.29, 0.717) is 16.1 Å². The molecule has 0 amide bonds. The molecule has 0 aliphatic rings. The summed E-state index contributed by atoms with van der Waals surface area (Å²) in [6.07, 6.45) is -1.62. The van der Waals surface area contributed by atoms with Crippen molar-refractivity contribution in [1.29, 1.82) is 0 Å². The normalized spacial score (nSPS) is 12.2. The molecule has 1 aromatic heterocycles. The zero-order valence-corrected chi connectivity index (χ0v) is 18.5. The Morgan fingerprint density at radius 3 is 1.55 bits per heavy atom. The fraction of sp³-hybridized carbons (Fsp3) is 0.273. The van der Waals surface area contributed by atoms with Crippen LogP contribution in [0.15, 0.2) is 64.2 Å². The third-order valence-corrected chi connectivity index (χ3v) is 5.29. The molecule has 3 rings (SSSR count). The molecule has 2 aromatic carbocycles. The molecule has 3 aromatic rings. The summed E-state index contributed by atoms with van der Waals surface area (Å²) in [5.74, 6) is -8.14. The molecule has 176 valence electrons. The third-order valence-electron chi connectivity index (χ3n) is 4.79. The number of hydrogen-bond donors (Lipinski definition) is 1. The highest BCUT2D eigenvalue weighted by atomic mass is 35.5. The highest BCUT2D eigenvalue weighted by Crippen LogP contribution is 2.25. The average Bonchev–Trinajstić information content (AvgIpc) is 2.72. The number of aromatic nitrogens is 2. The smallest absolute Gasteiger partial charge is 0.334 e. The molecule has 0 saturated carbocycles. The van der Waals surface area contributed by atoms with Crippen molar-refractivity contribution < 1.29 is 22.7 Å². The van der Waals surface area contributed by atoms with Crippen LogP contribution < -0.4 is 11.2 Å². The summed E-state index contributed by atoms with van der Waals surface area (Å²) in [6, 6.07) is 11.6. The van der Waals surface area contributed by atoms with Gasteiger partial charge in [0.15, 0.2) is 0 Å². The molecule has 11 heteroatoms. The lowest BCUT2D eigenvalue weighted by molar-refractivity contribution is -0.0247. The summed E-state index contributed by atoms with van der Waals surface area (Å²) in [4.78, 5) is 24.7. The van der Waals surface area contributed by atoms with E-state index in [0.717, 1.165) is 0 Å². The molecule has 0 aliphatic carbocycles. The van der Waals surface area contributed by atoms with Gasteiger partial charge in [-0.2, -0.15) is 0 Å². The second-order valence-corrected chi connectivity index (χ2v) is 8.49. The van der Waals surface area contributed by atoms with E-state index in [1.807, 2.05) is 0 Å². The van der Waals surface area contributed by atoms with Crippen LogP contribution in [0.1, 0.15) is 11.1 Å². The van der Waals surface area contributed by atoms with Gasteiger partial charge in [-0.25, -0.2) is 22.4 Å². The van der Waals surface area contributed by atoms with E-state index in [-0.39, 0.29) is 20.3 Å². The van der Waals surface area contributed by atoms with Gasteiger partial charge < -0.3 is 5.11 Å². The van der Waals surface area contributed by atoms with Crippen molar-refractivity contribution in [3.05, 3.63) is 96.6 Å². The predicted molar refractivity (Wildman–Crippen MR) is 117 cm³/mol. The predicted octanol–water partition coefficient (Wildman–Crippen LogP) is 4.78. The van der Waals surface area contributed by atoms with Crippen LogP contribution in [0, 0.1) is 0 Å². The quantitative estimate of drug-likeness (QED) is 0.449. The van der Waals surface area contributed by atoms with E-state index in [2.05, 4.69) is 0 Å². The summed E-state index contributed by atoms with van der Waals surface area (Å²) >= 11 is 11.5. The van der Waals surface area contributed by atoms with Crippen LogP contribution >= 0.6 is 23.2 Å². The number of hydrogen-bond acceptors (Lipinski definition) is 3. The molecule has 0 unspecified atom stereocenters. The molecule has 0 aliphatic heterocycles. The van der Waals surface area contributed by atoms with E-state index in [1.165, 1.54) is 48.5 Å². The molecule has 0 bridgehead atoms. The average molecular weight is 505 g/mol. The first-order chi connectivity index (χ1) is 15.3. The van der Waals surface area contributed by atoms with Crippen molar-refractivity contribution in [1.82, 2.24) is 9.13 Å². The largest absolute Gasteiger partial charge is 0.494 e. The van der Waals surface area contributed by atoms with Gasteiger partial charge >= 0.3 is 5.69 Å². The Morgan fingerprint density at radius 1 is 0.727 bits per heavy atom. The van der Waals surface area contributed by atoms with Gasteiger partial charge in [-0.05, 0) is 35.4 Å². The van der Waals surface area contributed by atoms with Gasteiger partial charge in [-0.3, -0.25) is 13.9 Å². The maximum atomic E-state index is 14.6. The van der Waals surface area contributed by atoms with Gasteiger partial charge in [0.2, 0.25) is 5.88 Å². The number of rotatable bonds is 8. The Kier molecular flexibility index (Phi) is 7.23. The molecule has 1 heterocycles. The summed E-state index contributed by atoms with van der Waals surface area (Å²) in [6.45, 7) is -2.67. The van der Waals surface area contributed by atoms with Crippen LogP contribution in [0.5, 0.6) is 5.88 Å². The van der Waals surface area contributed by atoms with Gasteiger partial charge in [0.1, 0.15) is 0 Å². The molecular formula is C22H18Cl2F4N2O3. The third kappa shape index (κ3) is 6.61. The number of halogens is 6. The molecule has 1 N–H and O–H groups in total. The van der Waals surface area contributed by atoms with Crippen molar-refractivity contribution in [2.24, 2.45) is 0 Å². The fourth-order valence-electron chi connectivity index (χ4n) is 3.27. The maximum absolute atomic E-state index is 14.6. The molecule has 0 fully saturated rings. The van der Waals surface area contributed by atoms with E-state index in [1.54, 1.807) is 0 Å². The van der Waals surface area contributed by atoms with E-state index in [4.69, 9.17) is 23.2 Å². The maximum Gasteiger partial charge on any atom is 0.334 e. The van der Waals surface area contributed by atoms with Gasteiger partial charge in [0.25, 0.3) is 17.4 Å². The van der Waals surface area contributed by atoms with Crippen molar-refractivity contribution in [2.75, 3.05) is 0 Å². The number of nitrogens with zero attached hydrogens (tertiary/aromatic N) is 2. The minimum Gasteiger partial charge on any atom is -0.494 e. The number of benzene rings is 2. The van der Waals surface area contributed by atoms with Gasteiger partial charge in [0, 0.05) is 22.9 Å². The first kappa shape index (κ1) is 24.9. The molecule has 0 atom stereocenters. The lowest BCUT2D eigenvalue weighted by Gasteiger charge is -2.21. The lowest BCUT2D eigenvalue weighted by atomic mass is 10.1. The first-order valence-electron chi connectivity index (χ1n) is 9.63. The summed E-state index contributed by atoms with van der Waals surface area (Å²) < 4.78 is 58.7. The first-order valence-corrected chi connectivity index (χ1v) is 10.4. The summed E-state index contributed by atoms with van der Waals surface area (Å²) in [5.41, 5.74) is -2.29. The van der Waals surface area contributed by atoms with Crippen LogP contribution in [-0.4, -0.2) is 26.1 Å². The molecule has 5 nitrogen and oxygen atoms in total. The van der Waals surface area contributed by atoms with Crippen molar-refractivity contribution in [3.8, 4) is 5.88 Å². The zero-order chi connectivity index (χ0) is 24.4. The number of alkyl halides is 4. The second kappa shape index (κ2) is 9.61. The highest BCUT2D eigenvalue weighted by molar-refractivity contribution is 6.30. The van der Waals surface area contributed by atoms with Gasteiger partial charge in [0.05, 0.1) is 19.2 Å². The number of aromatic hydroxyl groups is 1. The van der Waals surface area contributed by atoms with Crippen LogP contribution in [0.2, 0.25) is 10.0 Å². The van der Waals surface area contributed by atoms with Crippen LogP contribution in [0.4, 0.5) is 17.6 Å². The standard InChI is InChI=1S/C22H18Cl2F4N2O3/c23-16-5-1-14(2-6-16)10-21(25,26)12-29-18(31)9-19(32)30(20(29)33)13-22(27,28)11-15-3-7-17(24)8-4-15/h1-9,31H,10-13H2. The molecular weight excluding hydrogens is 487 g/mol. The molecule has 0 radical (unpaired) electrons. The molecule has 0 saturated heterocycles. The fourth-order valence-corrected chi connectivity index (χ4v) is 3.53. The Balaban J connectivity index is 1.85. The highest BCUT2D eigenvalue weighted by Gasteiger charge is 2.35. The Hall–Kier alpha value is -2.78. The van der Waals surface area contributed by atoms with Crippen LogP contribution in [0.3, 0.4) is 0 Å². The lowest BCUT2D eigenvalue weighted by Crippen LogP contribution is -2.46. The SMILES string of the molecule is O=c1cc(O)n(CC(F)(F)Cc2ccc(Cl)cc2)c(=O)n1CC(F)(F)Cc1ccc(Cl)cc1. The van der Waals surface area contributed by atoms with Gasteiger partial charge in [-0.15, -0.1) is 0 Å². The van der Waals surface area contributed by atoms with Gasteiger partial charge in [-0.1, -0.05) is 47.5 Å². The zero-order valence-electron chi connectivity index (χ0n) is 17.0. The Bertz CT molecular complexity index is 1240. The minimum absolute atomic E-state index is 0.133. The van der Waals surface area contributed by atoms with Crippen molar-refractivity contribution in [2.45, 2.75) is 37.8 Å². The summed E-state index contributed by atoms with van der Waals surface area (Å²) in [7, 11) is 0. The monoisotopic (exact) mass is 504 g/mol. The second-order valence-electron chi connectivity index (χ2n) is 7.61. The summed E-state index contributed by atoms with van der Waals surface area (Å²) in [5, 5.41) is 10.6. The molecule has 0 spiro atoms. The van der Waals surface area contributed by atoms with Crippen molar-refractivity contribution >= 4 is 23.2 Å². The minimum atomic E-state index is -3.56. The molecule has 33 heavy (non-hydrogen) atoms. The topological polar surface area (TPSA) is 64.2 Å².